The van der Waals surface area contributed by atoms with Crippen LogP contribution in [-0.4, -0.2) is 67.1 Å². The number of nitrogens with one attached hydrogen (secondary N) is 1. The van der Waals surface area contributed by atoms with Gasteiger partial charge in [0, 0.05) is 37.0 Å². The highest BCUT2D eigenvalue weighted by Crippen LogP contribution is 2.46. The van der Waals surface area contributed by atoms with Crippen molar-refractivity contribution in [1.82, 2.24) is 10.3 Å². The predicted molar refractivity (Wildman–Crippen MR) is 124 cm³/mol. The topological polar surface area (TPSA) is 77.5 Å². The fourth-order valence-corrected chi connectivity index (χ4v) is 4.84. The number of carbonyl (C=O) groups excluding carboxylic acids is 2. The van der Waals surface area contributed by atoms with E-state index in [9.17, 15) is 27.2 Å². The summed E-state index contributed by atoms with van der Waals surface area (Å²) in [6.07, 6.45) is -4.96. The normalized spacial score (nSPS) is 20.4. The van der Waals surface area contributed by atoms with Crippen molar-refractivity contribution in [3.05, 3.63) is 42.2 Å². The molecular weight excluding hydrogens is 482 g/mol. The van der Waals surface area contributed by atoms with Gasteiger partial charge in [0.25, 0.3) is 5.91 Å². The molecule has 1 N–H and O–H groups in total. The van der Waals surface area contributed by atoms with Crippen LogP contribution < -0.4 is 20.0 Å². The molecule has 0 aliphatic carbocycles. The van der Waals surface area contributed by atoms with Gasteiger partial charge in [-0.05, 0) is 32.0 Å². The maximum atomic E-state index is 14.9. The number of anilines is 2. The predicted octanol–water partition coefficient (Wildman–Crippen LogP) is 3.12. The van der Waals surface area contributed by atoms with E-state index in [1.165, 1.54) is 6.07 Å². The summed E-state index contributed by atoms with van der Waals surface area (Å²) < 4.78 is 59.6. The van der Waals surface area contributed by atoms with Crippen molar-refractivity contribution >= 4 is 29.0 Å². The van der Waals surface area contributed by atoms with Crippen molar-refractivity contribution in [2.75, 3.05) is 36.5 Å². The fraction of sp³-hybridized carbons (Fsp3) is 0.375. The molecule has 8 nitrogen and oxygen atoms in total. The largest absolute Gasteiger partial charge is 0.483 e. The zero-order valence-electron chi connectivity index (χ0n) is 19.7. The molecule has 1 saturated heterocycles. The number of benzene rings is 2. The summed E-state index contributed by atoms with van der Waals surface area (Å²) in [6, 6.07) is 8.94. The van der Waals surface area contributed by atoms with Crippen LogP contribution >= 0.6 is 0 Å². The van der Waals surface area contributed by atoms with Crippen LogP contribution in [0.5, 0.6) is 5.75 Å². The first-order chi connectivity index (χ1) is 16.9. The number of likely N-dealkylation sites (N-methyl/N-ethyl adjacent to an activating group) is 1. The van der Waals surface area contributed by atoms with Crippen LogP contribution in [0.3, 0.4) is 0 Å². The molecule has 1 fully saturated rings. The van der Waals surface area contributed by atoms with Crippen molar-refractivity contribution in [3.63, 3.8) is 0 Å². The van der Waals surface area contributed by atoms with E-state index < -0.39 is 29.5 Å². The van der Waals surface area contributed by atoms with Crippen molar-refractivity contribution in [2.24, 2.45) is 5.10 Å². The standard InChI is InChI=1S/C24H23F4N5O3/c1-13-21(34)30-29-20-10-36-19-8-15(14-6-4-5-7-16(14)25)17(9-18(19)33(13)20)31(3)23(2)11-32(12-23)22(35)24(26,27)28/h4-9,13H,10-12H2,1-3H3,(H,30,34)/t13-/m1/s1. The average molecular weight is 505 g/mol. The molecule has 0 saturated carbocycles. The molecule has 3 heterocycles. The number of likely N-dealkylation sites (tertiary alicyclic amines) is 1. The quantitative estimate of drug-likeness (QED) is 0.649. The second-order valence-corrected chi connectivity index (χ2v) is 9.37. The molecular formula is C24H23F4N5O3. The lowest BCUT2D eigenvalue weighted by atomic mass is 9.88. The van der Waals surface area contributed by atoms with Gasteiger partial charge in [0.1, 0.15) is 24.2 Å². The Labute approximate surface area is 204 Å². The van der Waals surface area contributed by atoms with Gasteiger partial charge in [-0.25, -0.2) is 9.82 Å². The van der Waals surface area contributed by atoms with Gasteiger partial charge in [0.05, 0.1) is 11.2 Å². The Bertz CT molecular complexity index is 1290. The fourth-order valence-electron chi connectivity index (χ4n) is 4.84. The minimum Gasteiger partial charge on any atom is -0.483 e. The highest BCUT2D eigenvalue weighted by Gasteiger charge is 2.52. The summed E-state index contributed by atoms with van der Waals surface area (Å²) in [7, 11) is 1.69. The minimum atomic E-state index is -4.96. The smallest absolute Gasteiger partial charge is 0.471 e. The summed E-state index contributed by atoms with van der Waals surface area (Å²) in [4.78, 5) is 28.2. The molecule has 0 aromatic heterocycles. The number of halogens is 4. The van der Waals surface area contributed by atoms with Crippen molar-refractivity contribution in [1.29, 1.82) is 0 Å². The van der Waals surface area contributed by atoms with Crippen LogP contribution in [0.25, 0.3) is 11.1 Å². The van der Waals surface area contributed by atoms with Crippen LogP contribution in [0.1, 0.15) is 13.8 Å². The molecule has 0 bridgehead atoms. The highest BCUT2D eigenvalue weighted by molar-refractivity contribution is 6.10. The molecule has 2 aromatic carbocycles. The summed E-state index contributed by atoms with van der Waals surface area (Å²) in [6.45, 7) is 3.21. The number of alkyl halides is 3. The Kier molecular flexibility index (Phi) is 5.38. The third-order valence-electron chi connectivity index (χ3n) is 6.96. The van der Waals surface area contributed by atoms with Crippen molar-refractivity contribution in [3.8, 4) is 16.9 Å². The number of hydrogen-bond donors (Lipinski definition) is 1. The number of fused-ring (bicyclic) bond motifs is 3. The zero-order chi connectivity index (χ0) is 26.0. The summed E-state index contributed by atoms with van der Waals surface area (Å²) >= 11 is 0. The Hall–Kier alpha value is -3.83. The Morgan fingerprint density at radius 2 is 1.92 bits per heavy atom. The molecule has 190 valence electrons. The van der Waals surface area contributed by atoms with Crippen LogP contribution in [0.15, 0.2) is 41.5 Å². The summed E-state index contributed by atoms with van der Waals surface area (Å²) in [5.74, 6) is -1.79. The number of amides is 2. The molecule has 2 aromatic rings. The lowest BCUT2D eigenvalue weighted by Gasteiger charge is -2.54. The van der Waals surface area contributed by atoms with Gasteiger partial charge in [-0.2, -0.15) is 18.3 Å². The third-order valence-corrected chi connectivity index (χ3v) is 6.96. The lowest BCUT2D eigenvalue weighted by molar-refractivity contribution is -0.192. The number of amidine groups is 1. The van der Waals surface area contributed by atoms with Gasteiger partial charge < -0.3 is 19.4 Å². The molecule has 0 unspecified atom stereocenters. The van der Waals surface area contributed by atoms with E-state index in [0.29, 0.717) is 28.5 Å². The van der Waals surface area contributed by atoms with Gasteiger partial charge >= 0.3 is 12.1 Å². The van der Waals surface area contributed by atoms with Crippen LogP contribution in [0.4, 0.5) is 28.9 Å². The molecule has 2 amide bonds. The highest BCUT2D eigenvalue weighted by atomic mass is 19.4. The number of rotatable bonds is 3. The first-order valence-corrected chi connectivity index (χ1v) is 11.2. The van der Waals surface area contributed by atoms with E-state index in [-0.39, 0.29) is 31.2 Å². The molecule has 0 spiro atoms. The maximum absolute atomic E-state index is 14.9. The zero-order valence-corrected chi connectivity index (χ0v) is 19.7. The van der Waals surface area contributed by atoms with Crippen LogP contribution in [0, 0.1) is 5.82 Å². The van der Waals surface area contributed by atoms with E-state index in [2.05, 4.69) is 10.5 Å². The molecule has 36 heavy (non-hydrogen) atoms. The molecule has 3 aliphatic heterocycles. The first kappa shape index (κ1) is 23.9. The average Bonchev–Trinajstić information content (AvgIpc) is 2.82. The van der Waals surface area contributed by atoms with E-state index in [4.69, 9.17) is 4.74 Å². The first-order valence-electron chi connectivity index (χ1n) is 11.2. The van der Waals surface area contributed by atoms with Gasteiger partial charge in [-0.3, -0.25) is 9.59 Å². The number of carbonyl (C=O) groups is 2. The SMILES string of the molecule is C[C@@H]1C(=O)NN=C2COc3cc(-c4ccccc4F)c(N(C)C4(C)CN(C(=O)C(F)(F)F)C4)cc3N21. The van der Waals surface area contributed by atoms with Crippen LogP contribution in [-0.2, 0) is 9.59 Å². The van der Waals surface area contributed by atoms with Gasteiger partial charge in [-0.15, -0.1) is 0 Å². The van der Waals surface area contributed by atoms with Crippen molar-refractivity contribution in [2.45, 2.75) is 31.6 Å². The minimum absolute atomic E-state index is 0.0930. The second kappa shape index (κ2) is 8.10. The Balaban J connectivity index is 1.60. The van der Waals surface area contributed by atoms with E-state index in [1.54, 1.807) is 61.0 Å². The van der Waals surface area contributed by atoms with Gasteiger partial charge in [0.15, 0.2) is 5.84 Å². The second-order valence-electron chi connectivity index (χ2n) is 9.37. The summed E-state index contributed by atoms with van der Waals surface area (Å²) in [5.41, 5.74) is 3.37. The van der Waals surface area contributed by atoms with E-state index >= 15 is 0 Å². The Morgan fingerprint density at radius 1 is 1.22 bits per heavy atom. The maximum Gasteiger partial charge on any atom is 0.471 e. The number of hydrogen-bond acceptors (Lipinski definition) is 6. The molecule has 3 aliphatic rings. The van der Waals surface area contributed by atoms with E-state index in [1.807, 2.05) is 0 Å². The molecule has 0 radical (unpaired) electrons. The summed E-state index contributed by atoms with van der Waals surface area (Å²) in [5, 5.41) is 4.07. The molecule has 12 heteroatoms. The number of ether oxygens (including phenoxy) is 1. The number of nitrogens with zero attached hydrogens (tertiary/aromatic N) is 4. The molecule has 5 rings (SSSR count). The van der Waals surface area contributed by atoms with Gasteiger partial charge in [-0.1, -0.05) is 18.2 Å². The van der Waals surface area contributed by atoms with Gasteiger partial charge in [0.2, 0.25) is 0 Å². The van der Waals surface area contributed by atoms with Crippen molar-refractivity contribution < 1.29 is 31.9 Å². The molecule has 1 atom stereocenters. The van der Waals surface area contributed by atoms with E-state index in [0.717, 1.165) is 4.90 Å². The Morgan fingerprint density at radius 3 is 2.58 bits per heavy atom. The third kappa shape index (κ3) is 3.71. The number of hydrazone groups is 1. The lowest BCUT2D eigenvalue weighted by Crippen LogP contribution is -2.70. The van der Waals surface area contributed by atoms with Crippen LogP contribution in [0.2, 0.25) is 0 Å². The monoisotopic (exact) mass is 505 g/mol.